The van der Waals surface area contributed by atoms with E-state index in [-0.39, 0.29) is 11.4 Å². The van der Waals surface area contributed by atoms with Crippen molar-refractivity contribution in [2.24, 2.45) is 0 Å². The first-order chi connectivity index (χ1) is 7.60. The average molecular weight is 221 g/mol. The molecule has 2 heteroatoms. The Bertz CT molecular complexity index is 346. The zero-order valence-electron chi connectivity index (χ0n) is 10.2. The summed E-state index contributed by atoms with van der Waals surface area (Å²) >= 11 is 0. The molecule has 0 amide bonds. The summed E-state index contributed by atoms with van der Waals surface area (Å²) in [4.78, 5) is 2.44. The van der Waals surface area contributed by atoms with Crippen LogP contribution in [0.4, 0.5) is 4.39 Å². The van der Waals surface area contributed by atoms with Crippen LogP contribution in [0.15, 0.2) is 24.3 Å². The van der Waals surface area contributed by atoms with E-state index >= 15 is 0 Å². The Morgan fingerprint density at radius 1 is 1.25 bits per heavy atom. The average Bonchev–Trinajstić information content (AvgIpc) is 2.26. The second-order valence-electron chi connectivity index (χ2n) is 5.18. The highest BCUT2D eigenvalue weighted by Crippen LogP contribution is 2.29. The SMILES string of the molecule is CN1CCCCC1(C)Cc1ccc(F)cc1. The molecule has 16 heavy (non-hydrogen) atoms. The van der Waals surface area contributed by atoms with Gasteiger partial charge in [0.1, 0.15) is 5.82 Å². The van der Waals surface area contributed by atoms with Crippen molar-refractivity contribution in [2.75, 3.05) is 13.6 Å². The summed E-state index contributed by atoms with van der Waals surface area (Å²) in [6.07, 6.45) is 4.86. The third-order valence-corrected chi connectivity index (χ3v) is 3.88. The fourth-order valence-electron chi connectivity index (χ4n) is 2.58. The predicted octanol–water partition coefficient (Wildman–Crippen LogP) is 3.24. The van der Waals surface area contributed by atoms with Gasteiger partial charge in [0.25, 0.3) is 0 Å². The molecule has 0 aromatic heterocycles. The quantitative estimate of drug-likeness (QED) is 0.741. The molecule has 0 bridgehead atoms. The minimum Gasteiger partial charge on any atom is -0.301 e. The lowest BCUT2D eigenvalue weighted by molar-refractivity contribution is 0.0902. The lowest BCUT2D eigenvalue weighted by Crippen LogP contribution is -2.48. The normalized spacial score (nSPS) is 26.9. The smallest absolute Gasteiger partial charge is 0.123 e. The Hall–Kier alpha value is -0.890. The number of hydrogen-bond donors (Lipinski definition) is 0. The number of rotatable bonds is 2. The molecular weight excluding hydrogens is 201 g/mol. The van der Waals surface area contributed by atoms with Crippen LogP contribution in [-0.4, -0.2) is 24.0 Å². The van der Waals surface area contributed by atoms with Gasteiger partial charge in [0.2, 0.25) is 0 Å². The van der Waals surface area contributed by atoms with Crippen molar-refractivity contribution in [3.8, 4) is 0 Å². The van der Waals surface area contributed by atoms with E-state index in [2.05, 4.69) is 18.9 Å². The summed E-state index contributed by atoms with van der Waals surface area (Å²) in [7, 11) is 2.20. The second kappa shape index (κ2) is 4.54. The van der Waals surface area contributed by atoms with Crippen LogP contribution in [0, 0.1) is 5.82 Å². The van der Waals surface area contributed by atoms with Crippen molar-refractivity contribution >= 4 is 0 Å². The lowest BCUT2D eigenvalue weighted by Gasteiger charge is -2.43. The first-order valence-corrected chi connectivity index (χ1v) is 6.06. The van der Waals surface area contributed by atoms with Gasteiger partial charge in [-0.2, -0.15) is 0 Å². The summed E-state index contributed by atoms with van der Waals surface area (Å²) in [5, 5.41) is 0. The number of likely N-dealkylation sites (N-methyl/N-ethyl adjacent to an activating group) is 1. The topological polar surface area (TPSA) is 3.24 Å². The van der Waals surface area contributed by atoms with Gasteiger partial charge >= 0.3 is 0 Å². The van der Waals surface area contributed by atoms with E-state index in [0.717, 1.165) is 6.42 Å². The van der Waals surface area contributed by atoms with Crippen molar-refractivity contribution in [3.05, 3.63) is 35.6 Å². The molecule has 0 radical (unpaired) electrons. The van der Waals surface area contributed by atoms with Crippen LogP contribution in [0.3, 0.4) is 0 Å². The van der Waals surface area contributed by atoms with Crippen molar-refractivity contribution in [2.45, 2.75) is 38.1 Å². The molecule has 1 aromatic rings. The van der Waals surface area contributed by atoms with Gasteiger partial charge in [0.05, 0.1) is 0 Å². The van der Waals surface area contributed by atoms with Crippen molar-refractivity contribution < 1.29 is 4.39 Å². The molecule has 1 saturated heterocycles. The lowest BCUT2D eigenvalue weighted by atomic mass is 9.83. The summed E-state index contributed by atoms with van der Waals surface area (Å²) in [5.41, 5.74) is 1.48. The summed E-state index contributed by atoms with van der Waals surface area (Å²) in [5.74, 6) is -0.147. The zero-order chi connectivity index (χ0) is 11.6. The Morgan fingerprint density at radius 3 is 2.56 bits per heavy atom. The molecule has 1 unspecified atom stereocenters. The zero-order valence-corrected chi connectivity index (χ0v) is 10.2. The maximum atomic E-state index is 12.8. The third kappa shape index (κ3) is 2.43. The van der Waals surface area contributed by atoms with Crippen LogP contribution in [0.5, 0.6) is 0 Å². The van der Waals surface area contributed by atoms with Crippen LogP contribution < -0.4 is 0 Å². The fraction of sp³-hybridized carbons (Fsp3) is 0.571. The highest BCUT2D eigenvalue weighted by molar-refractivity contribution is 5.19. The van der Waals surface area contributed by atoms with Crippen LogP contribution >= 0.6 is 0 Å². The molecule has 0 aliphatic carbocycles. The van der Waals surface area contributed by atoms with Crippen molar-refractivity contribution in [1.29, 1.82) is 0 Å². The van der Waals surface area contributed by atoms with E-state index in [1.54, 1.807) is 12.1 Å². The Morgan fingerprint density at radius 2 is 1.94 bits per heavy atom. The molecule has 1 atom stereocenters. The van der Waals surface area contributed by atoms with Gasteiger partial charge in [-0.1, -0.05) is 18.6 Å². The first kappa shape index (κ1) is 11.6. The fourth-order valence-corrected chi connectivity index (χ4v) is 2.58. The van der Waals surface area contributed by atoms with Gasteiger partial charge < -0.3 is 4.90 Å². The van der Waals surface area contributed by atoms with E-state index < -0.39 is 0 Å². The van der Waals surface area contributed by atoms with E-state index in [1.165, 1.54) is 31.4 Å². The van der Waals surface area contributed by atoms with Gasteiger partial charge in [0.15, 0.2) is 0 Å². The first-order valence-electron chi connectivity index (χ1n) is 6.06. The largest absolute Gasteiger partial charge is 0.301 e. The molecule has 2 rings (SSSR count). The van der Waals surface area contributed by atoms with Gasteiger partial charge in [-0.15, -0.1) is 0 Å². The number of halogens is 1. The molecule has 1 heterocycles. The summed E-state index contributed by atoms with van der Waals surface area (Å²) < 4.78 is 12.8. The summed E-state index contributed by atoms with van der Waals surface area (Å²) in [6, 6.07) is 6.93. The minimum absolute atomic E-state index is 0.147. The van der Waals surface area contributed by atoms with Gasteiger partial charge in [-0.3, -0.25) is 0 Å². The number of benzene rings is 1. The maximum Gasteiger partial charge on any atom is 0.123 e. The molecule has 88 valence electrons. The Kier molecular flexibility index (Phi) is 3.29. The highest BCUT2D eigenvalue weighted by atomic mass is 19.1. The van der Waals surface area contributed by atoms with E-state index in [0.29, 0.717) is 0 Å². The molecule has 0 spiro atoms. The number of likely N-dealkylation sites (tertiary alicyclic amines) is 1. The minimum atomic E-state index is -0.147. The van der Waals surface area contributed by atoms with E-state index in [4.69, 9.17) is 0 Å². The maximum absolute atomic E-state index is 12.8. The predicted molar refractivity (Wildman–Crippen MR) is 65.0 cm³/mol. The molecule has 0 N–H and O–H groups in total. The molecule has 0 saturated carbocycles. The molecule has 1 aliphatic rings. The number of piperidine rings is 1. The Labute approximate surface area is 97.3 Å². The highest BCUT2D eigenvalue weighted by Gasteiger charge is 2.31. The molecule has 1 fully saturated rings. The molecule has 1 nitrogen and oxygen atoms in total. The van der Waals surface area contributed by atoms with Crippen LogP contribution in [-0.2, 0) is 6.42 Å². The van der Waals surface area contributed by atoms with Crippen molar-refractivity contribution in [3.63, 3.8) is 0 Å². The van der Waals surface area contributed by atoms with Crippen LogP contribution in [0.2, 0.25) is 0 Å². The van der Waals surface area contributed by atoms with Crippen LogP contribution in [0.25, 0.3) is 0 Å². The molecular formula is C14H20FN. The summed E-state index contributed by atoms with van der Waals surface area (Å²) in [6.45, 7) is 3.49. The Balaban J connectivity index is 2.10. The molecule has 1 aromatic carbocycles. The van der Waals surface area contributed by atoms with Crippen LogP contribution in [0.1, 0.15) is 31.7 Å². The monoisotopic (exact) mass is 221 g/mol. The van der Waals surface area contributed by atoms with E-state index in [9.17, 15) is 4.39 Å². The molecule has 1 aliphatic heterocycles. The number of nitrogens with zero attached hydrogens (tertiary/aromatic N) is 1. The standard InChI is InChI=1S/C14H20FN/c1-14(9-3-4-10-16(14)2)11-12-5-7-13(15)8-6-12/h5-8H,3-4,9-11H2,1-2H3. The van der Waals surface area contributed by atoms with Gasteiger partial charge in [-0.05, 0) is 57.5 Å². The van der Waals surface area contributed by atoms with Crippen molar-refractivity contribution in [1.82, 2.24) is 4.90 Å². The second-order valence-corrected chi connectivity index (χ2v) is 5.18. The third-order valence-electron chi connectivity index (χ3n) is 3.88. The van der Waals surface area contributed by atoms with E-state index in [1.807, 2.05) is 12.1 Å². The van der Waals surface area contributed by atoms with Gasteiger partial charge in [0, 0.05) is 5.54 Å². The van der Waals surface area contributed by atoms with Gasteiger partial charge in [-0.25, -0.2) is 4.39 Å². The number of hydrogen-bond acceptors (Lipinski definition) is 1.